The SMILES string of the molecule is COC(=O)C1C(c2cccnc2)[C@@]2(C)CC[C@]1(C)N2. The highest BCUT2D eigenvalue weighted by atomic mass is 16.5. The minimum atomic E-state index is -0.164. The Hall–Kier alpha value is -1.42. The normalized spacial score (nSPS) is 40.4. The van der Waals surface area contributed by atoms with E-state index >= 15 is 0 Å². The number of hydrogen-bond acceptors (Lipinski definition) is 4. The predicted octanol–water partition coefficient (Wildman–Crippen LogP) is 1.87. The summed E-state index contributed by atoms with van der Waals surface area (Å²) in [5.74, 6) is -0.125. The van der Waals surface area contributed by atoms with E-state index in [-0.39, 0.29) is 28.9 Å². The first-order chi connectivity index (χ1) is 9.00. The molecular weight excluding hydrogens is 240 g/mol. The number of fused-ring (bicyclic) bond motifs is 2. The van der Waals surface area contributed by atoms with Crippen LogP contribution in [-0.4, -0.2) is 29.1 Å². The highest BCUT2D eigenvalue weighted by Crippen LogP contribution is 2.56. The summed E-state index contributed by atoms with van der Waals surface area (Å²) in [4.78, 5) is 16.5. The van der Waals surface area contributed by atoms with Gasteiger partial charge in [-0.2, -0.15) is 0 Å². The van der Waals surface area contributed by atoms with Gasteiger partial charge in [0.1, 0.15) is 0 Å². The molecule has 3 heterocycles. The fourth-order valence-electron chi connectivity index (χ4n) is 4.14. The van der Waals surface area contributed by atoms with Crippen LogP contribution in [0.2, 0.25) is 0 Å². The minimum absolute atomic E-state index is 0.0450. The molecule has 19 heavy (non-hydrogen) atoms. The zero-order chi connectivity index (χ0) is 13.7. The molecule has 1 aromatic heterocycles. The van der Waals surface area contributed by atoms with E-state index < -0.39 is 0 Å². The summed E-state index contributed by atoms with van der Waals surface area (Å²) in [5, 5.41) is 3.67. The number of nitrogens with one attached hydrogen (secondary N) is 1. The lowest BCUT2D eigenvalue weighted by Crippen LogP contribution is -2.43. The van der Waals surface area contributed by atoms with Gasteiger partial charge >= 0.3 is 5.97 Å². The molecule has 0 saturated carbocycles. The van der Waals surface area contributed by atoms with Crippen molar-refractivity contribution in [3.05, 3.63) is 30.1 Å². The number of nitrogens with zero attached hydrogens (tertiary/aromatic N) is 1. The third-order valence-electron chi connectivity index (χ3n) is 4.94. The van der Waals surface area contributed by atoms with E-state index in [1.807, 2.05) is 12.3 Å². The Morgan fingerprint density at radius 3 is 2.79 bits per heavy atom. The van der Waals surface area contributed by atoms with Gasteiger partial charge in [0.25, 0.3) is 0 Å². The van der Waals surface area contributed by atoms with Crippen LogP contribution in [0, 0.1) is 5.92 Å². The van der Waals surface area contributed by atoms with Crippen LogP contribution in [0.4, 0.5) is 0 Å². The van der Waals surface area contributed by atoms with Gasteiger partial charge in [-0.15, -0.1) is 0 Å². The van der Waals surface area contributed by atoms with Crippen molar-refractivity contribution in [1.82, 2.24) is 10.3 Å². The lowest BCUT2D eigenvalue weighted by atomic mass is 9.65. The van der Waals surface area contributed by atoms with E-state index in [4.69, 9.17) is 4.74 Å². The van der Waals surface area contributed by atoms with Gasteiger partial charge in [-0.05, 0) is 38.3 Å². The van der Waals surface area contributed by atoms with Crippen LogP contribution in [0.3, 0.4) is 0 Å². The van der Waals surface area contributed by atoms with Crippen LogP contribution < -0.4 is 5.32 Å². The Morgan fingerprint density at radius 2 is 2.16 bits per heavy atom. The first-order valence-corrected chi connectivity index (χ1v) is 6.77. The standard InChI is InChI=1S/C15H20N2O2/c1-14-6-7-15(2,17-14)12(13(18)19-3)11(14)10-5-4-8-16-9-10/h4-5,8-9,11-12,17H,6-7H2,1-3H3/t11?,12?,14-,15+/m1/s1. The lowest BCUT2D eigenvalue weighted by Gasteiger charge is -2.36. The summed E-state index contributed by atoms with van der Waals surface area (Å²) < 4.78 is 5.05. The maximum Gasteiger partial charge on any atom is 0.311 e. The summed E-state index contributed by atoms with van der Waals surface area (Å²) in [6.45, 7) is 4.34. The lowest BCUT2D eigenvalue weighted by molar-refractivity contribution is -0.148. The molecule has 2 aliphatic heterocycles. The summed E-state index contributed by atoms with van der Waals surface area (Å²) in [6.07, 6.45) is 5.73. The van der Waals surface area contributed by atoms with E-state index in [2.05, 4.69) is 30.2 Å². The fourth-order valence-corrected chi connectivity index (χ4v) is 4.14. The summed E-state index contributed by atoms with van der Waals surface area (Å²) >= 11 is 0. The van der Waals surface area contributed by atoms with Crippen molar-refractivity contribution >= 4 is 5.97 Å². The van der Waals surface area contributed by atoms with E-state index in [9.17, 15) is 4.79 Å². The molecule has 2 fully saturated rings. The summed E-state index contributed by atoms with van der Waals surface area (Å²) in [5.41, 5.74) is 0.912. The molecule has 1 N–H and O–H groups in total. The van der Waals surface area contributed by atoms with Crippen LogP contribution >= 0.6 is 0 Å². The Labute approximate surface area is 113 Å². The van der Waals surface area contributed by atoms with Gasteiger partial charge in [0.2, 0.25) is 0 Å². The molecule has 0 aromatic carbocycles. The fraction of sp³-hybridized carbons (Fsp3) is 0.600. The van der Waals surface area contributed by atoms with Crippen molar-refractivity contribution in [2.45, 2.75) is 43.7 Å². The number of pyridine rings is 1. The van der Waals surface area contributed by atoms with Crippen molar-refractivity contribution in [2.24, 2.45) is 5.92 Å². The molecule has 1 aromatic rings. The van der Waals surface area contributed by atoms with E-state index in [0.29, 0.717) is 0 Å². The molecule has 2 unspecified atom stereocenters. The van der Waals surface area contributed by atoms with Gasteiger partial charge in [-0.25, -0.2) is 0 Å². The maximum absolute atomic E-state index is 12.3. The number of carbonyl (C=O) groups excluding carboxylic acids is 1. The van der Waals surface area contributed by atoms with Gasteiger partial charge in [0.15, 0.2) is 0 Å². The van der Waals surface area contributed by atoms with E-state index in [1.54, 1.807) is 6.20 Å². The Bertz CT molecular complexity index is 504. The second-order valence-corrected chi connectivity index (χ2v) is 6.22. The van der Waals surface area contributed by atoms with Crippen LogP contribution in [0.5, 0.6) is 0 Å². The number of rotatable bonds is 2. The van der Waals surface area contributed by atoms with E-state index in [1.165, 1.54) is 7.11 Å². The Kier molecular flexibility index (Phi) is 2.68. The minimum Gasteiger partial charge on any atom is -0.469 e. The highest BCUT2D eigenvalue weighted by Gasteiger charge is 2.64. The molecule has 3 rings (SSSR count). The molecule has 4 heteroatoms. The molecule has 2 aliphatic rings. The molecule has 0 radical (unpaired) electrons. The maximum atomic E-state index is 12.3. The van der Waals surface area contributed by atoms with Crippen LogP contribution in [-0.2, 0) is 9.53 Å². The molecule has 2 bridgehead atoms. The third kappa shape index (κ3) is 1.70. The topological polar surface area (TPSA) is 51.2 Å². The number of carbonyl (C=O) groups is 1. The molecule has 0 amide bonds. The molecule has 0 aliphatic carbocycles. The molecular formula is C15H20N2O2. The first kappa shape index (κ1) is 12.6. The second kappa shape index (κ2) is 4.04. The van der Waals surface area contributed by atoms with Gasteiger partial charge in [-0.1, -0.05) is 6.07 Å². The molecule has 2 saturated heterocycles. The van der Waals surface area contributed by atoms with E-state index in [0.717, 1.165) is 18.4 Å². The second-order valence-electron chi connectivity index (χ2n) is 6.22. The first-order valence-electron chi connectivity index (χ1n) is 6.77. The Balaban J connectivity index is 2.07. The largest absolute Gasteiger partial charge is 0.469 e. The molecule has 4 nitrogen and oxygen atoms in total. The van der Waals surface area contributed by atoms with Gasteiger partial charge in [0.05, 0.1) is 13.0 Å². The smallest absolute Gasteiger partial charge is 0.311 e. The summed E-state index contributed by atoms with van der Waals surface area (Å²) in [7, 11) is 1.47. The quantitative estimate of drug-likeness (QED) is 0.825. The van der Waals surface area contributed by atoms with Crippen LogP contribution in [0.1, 0.15) is 38.2 Å². The van der Waals surface area contributed by atoms with Gasteiger partial charge in [0, 0.05) is 29.4 Å². The number of aromatic nitrogens is 1. The zero-order valence-electron chi connectivity index (χ0n) is 11.6. The van der Waals surface area contributed by atoms with Crippen molar-refractivity contribution in [3.63, 3.8) is 0 Å². The van der Waals surface area contributed by atoms with Crippen molar-refractivity contribution in [3.8, 4) is 0 Å². The number of ether oxygens (including phenoxy) is 1. The van der Waals surface area contributed by atoms with Crippen LogP contribution in [0.15, 0.2) is 24.5 Å². The number of hydrogen-bond donors (Lipinski definition) is 1. The number of esters is 1. The predicted molar refractivity (Wildman–Crippen MR) is 71.7 cm³/mol. The zero-order valence-corrected chi connectivity index (χ0v) is 11.6. The van der Waals surface area contributed by atoms with Crippen molar-refractivity contribution < 1.29 is 9.53 Å². The van der Waals surface area contributed by atoms with Gasteiger partial charge in [-0.3, -0.25) is 9.78 Å². The molecule has 0 spiro atoms. The number of methoxy groups -OCH3 is 1. The average molecular weight is 260 g/mol. The molecule has 4 atom stereocenters. The average Bonchev–Trinajstić information content (AvgIpc) is 2.85. The van der Waals surface area contributed by atoms with Crippen molar-refractivity contribution in [1.29, 1.82) is 0 Å². The highest BCUT2D eigenvalue weighted by molar-refractivity contribution is 5.77. The Morgan fingerprint density at radius 1 is 1.42 bits per heavy atom. The third-order valence-corrected chi connectivity index (χ3v) is 4.94. The monoisotopic (exact) mass is 260 g/mol. The summed E-state index contributed by atoms with van der Waals surface area (Å²) in [6, 6.07) is 3.99. The van der Waals surface area contributed by atoms with Crippen LogP contribution in [0.25, 0.3) is 0 Å². The van der Waals surface area contributed by atoms with Gasteiger partial charge < -0.3 is 10.1 Å². The van der Waals surface area contributed by atoms with Crippen molar-refractivity contribution in [2.75, 3.05) is 7.11 Å². The molecule has 102 valence electrons.